The van der Waals surface area contributed by atoms with Crippen LogP contribution in [0.4, 0.5) is 0 Å². The van der Waals surface area contributed by atoms with Gasteiger partial charge >= 0.3 is 0 Å². The van der Waals surface area contributed by atoms with Crippen LogP contribution in [0.2, 0.25) is 0 Å². The zero-order chi connectivity index (χ0) is 14.1. The molecule has 0 spiro atoms. The molecule has 0 aromatic heterocycles. The van der Waals surface area contributed by atoms with Crippen molar-refractivity contribution in [2.75, 3.05) is 0 Å². The highest BCUT2D eigenvalue weighted by molar-refractivity contribution is 5.13. The van der Waals surface area contributed by atoms with Crippen LogP contribution in [-0.2, 0) is 4.74 Å². The van der Waals surface area contributed by atoms with Gasteiger partial charge in [0.1, 0.15) is 6.10 Å². The van der Waals surface area contributed by atoms with Crippen LogP contribution in [0.15, 0.2) is 12.3 Å². The summed E-state index contributed by atoms with van der Waals surface area (Å²) in [6.45, 7) is 9.15. The molecular weight excluding hydrogens is 232 g/mol. The van der Waals surface area contributed by atoms with Crippen molar-refractivity contribution in [3.8, 4) is 11.8 Å². The summed E-state index contributed by atoms with van der Waals surface area (Å²) in [5.74, 6) is 8.42. The van der Waals surface area contributed by atoms with E-state index in [4.69, 9.17) is 4.74 Å². The fourth-order valence-corrected chi connectivity index (χ4v) is 2.84. The Hall–Kier alpha value is -0.900. The van der Waals surface area contributed by atoms with Crippen molar-refractivity contribution in [2.24, 2.45) is 17.8 Å². The van der Waals surface area contributed by atoms with Crippen LogP contribution in [0, 0.1) is 29.6 Å². The SMILES string of the molecule is CCCCC#C/C=C/O[C@H]1C[C@@H](C)CC[C@@H]1C(C)C. The number of unbranched alkanes of at least 4 members (excludes halogenated alkanes) is 2. The van der Waals surface area contributed by atoms with E-state index in [-0.39, 0.29) is 0 Å². The standard InChI is InChI=1S/C18H30O/c1-5-6-7-8-9-10-13-19-18-14-16(4)11-12-17(18)15(2)3/h10,13,15-18H,5-7,11-12,14H2,1-4H3/b13-10+/t16-,17+,18-/m0/s1. The van der Waals surface area contributed by atoms with E-state index in [1.165, 1.54) is 32.1 Å². The molecule has 1 heteroatoms. The maximum Gasteiger partial charge on any atom is 0.101 e. The van der Waals surface area contributed by atoms with E-state index in [2.05, 4.69) is 39.5 Å². The molecule has 0 aliphatic heterocycles. The van der Waals surface area contributed by atoms with Crippen LogP contribution in [0.5, 0.6) is 0 Å². The Morgan fingerprint density at radius 1 is 1.32 bits per heavy atom. The van der Waals surface area contributed by atoms with Gasteiger partial charge in [0, 0.05) is 12.5 Å². The van der Waals surface area contributed by atoms with Crippen molar-refractivity contribution in [3.05, 3.63) is 12.3 Å². The second-order valence-corrected chi connectivity index (χ2v) is 6.23. The molecule has 3 atom stereocenters. The molecule has 1 rings (SSSR count). The van der Waals surface area contributed by atoms with Gasteiger partial charge in [-0.1, -0.05) is 52.4 Å². The van der Waals surface area contributed by atoms with Gasteiger partial charge < -0.3 is 4.74 Å². The fraction of sp³-hybridized carbons (Fsp3) is 0.778. The zero-order valence-electron chi connectivity index (χ0n) is 13.1. The molecule has 0 saturated heterocycles. The predicted molar refractivity (Wildman–Crippen MR) is 82.7 cm³/mol. The van der Waals surface area contributed by atoms with Crippen molar-refractivity contribution < 1.29 is 4.74 Å². The first-order valence-electron chi connectivity index (χ1n) is 7.94. The van der Waals surface area contributed by atoms with Gasteiger partial charge in [-0.2, -0.15) is 0 Å². The minimum Gasteiger partial charge on any atom is -0.497 e. The summed E-state index contributed by atoms with van der Waals surface area (Å²) in [4.78, 5) is 0. The molecule has 0 radical (unpaired) electrons. The molecular formula is C18H30O. The molecule has 0 unspecified atom stereocenters. The van der Waals surface area contributed by atoms with Crippen LogP contribution >= 0.6 is 0 Å². The highest BCUT2D eigenvalue weighted by atomic mass is 16.5. The monoisotopic (exact) mass is 262 g/mol. The lowest BCUT2D eigenvalue weighted by molar-refractivity contribution is 0.0137. The Labute approximate surface area is 119 Å². The third-order valence-corrected chi connectivity index (χ3v) is 4.12. The van der Waals surface area contributed by atoms with Gasteiger partial charge in [0.15, 0.2) is 0 Å². The number of hydrogen-bond acceptors (Lipinski definition) is 1. The van der Waals surface area contributed by atoms with E-state index >= 15 is 0 Å². The number of allylic oxidation sites excluding steroid dienone is 1. The van der Waals surface area contributed by atoms with Crippen LogP contribution in [0.3, 0.4) is 0 Å². The van der Waals surface area contributed by atoms with Crippen molar-refractivity contribution in [2.45, 2.75) is 72.3 Å². The highest BCUT2D eigenvalue weighted by Crippen LogP contribution is 2.35. The minimum absolute atomic E-state index is 0.387. The second-order valence-electron chi connectivity index (χ2n) is 6.23. The van der Waals surface area contributed by atoms with E-state index in [1.807, 2.05) is 12.3 Å². The van der Waals surface area contributed by atoms with Crippen LogP contribution < -0.4 is 0 Å². The molecule has 1 saturated carbocycles. The Morgan fingerprint density at radius 2 is 2.11 bits per heavy atom. The van der Waals surface area contributed by atoms with Gasteiger partial charge in [-0.05, 0) is 37.0 Å². The maximum atomic E-state index is 5.95. The van der Waals surface area contributed by atoms with Crippen LogP contribution in [0.25, 0.3) is 0 Å². The van der Waals surface area contributed by atoms with Gasteiger partial charge in [-0.15, -0.1) is 0 Å². The minimum atomic E-state index is 0.387. The molecule has 19 heavy (non-hydrogen) atoms. The zero-order valence-corrected chi connectivity index (χ0v) is 13.1. The molecule has 1 fully saturated rings. The molecule has 0 heterocycles. The van der Waals surface area contributed by atoms with Gasteiger partial charge in [0.05, 0.1) is 6.26 Å². The molecule has 1 aliphatic rings. The molecule has 1 aliphatic carbocycles. The average Bonchev–Trinajstić information content (AvgIpc) is 2.37. The topological polar surface area (TPSA) is 9.23 Å². The van der Waals surface area contributed by atoms with Crippen LogP contribution in [-0.4, -0.2) is 6.10 Å². The smallest absolute Gasteiger partial charge is 0.101 e. The molecule has 0 bridgehead atoms. The molecule has 0 N–H and O–H groups in total. The van der Waals surface area contributed by atoms with Gasteiger partial charge in [0.2, 0.25) is 0 Å². The number of rotatable bonds is 5. The van der Waals surface area contributed by atoms with Gasteiger partial charge in [-0.25, -0.2) is 0 Å². The number of hydrogen-bond donors (Lipinski definition) is 0. The van der Waals surface area contributed by atoms with Gasteiger partial charge in [0.25, 0.3) is 0 Å². The summed E-state index contributed by atoms with van der Waals surface area (Å²) in [5, 5.41) is 0. The van der Waals surface area contributed by atoms with E-state index in [9.17, 15) is 0 Å². The van der Waals surface area contributed by atoms with E-state index in [0.29, 0.717) is 17.9 Å². The first-order chi connectivity index (χ1) is 9.15. The van der Waals surface area contributed by atoms with E-state index < -0.39 is 0 Å². The summed E-state index contributed by atoms with van der Waals surface area (Å²) in [5.41, 5.74) is 0. The van der Waals surface area contributed by atoms with Crippen molar-refractivity contribution in [3.63, 3.8) is 0 Å². The first kappa shape index (κ1) is 16.2. The van der Waals surface area contributed by atoms with Crippen LogP contribution in [0.1, 0.15) is 66.2 Å². The first-order valence-corrected chi connectivity index (χ1v) is 7.94. The Kier molecular flexibility index (Phi) is 7.72. The van der Waals surface area contributed by atoms with E-state index in [1.54, 1.807) is 0 Å². The third-order valence-electron chi connectivity index (χ3n) is 4.12. The normalized spacial score (nSPS) is 27.3. The molecule has 1 nitrogen and oxygen atoms in total. The average molecular weight is 262 g/mol. The predicted octanol–water partition coefficient (Wildman–Crippen LogP) is 5.17. The molecule has 108 valence electrons. The number of ether oxygens (including phenoxy) is 1. The van der Waals surface area contributed by atoms with Gasteiger partial charge in [-0.3, -0.25) is 0 Å². The Balaban J connectivity index is 2.39. The molecule has 0 aromatic rings. The lowest BCUT2D eigenvalue weighted by Gasteiger charge is -2.36. The van der Waals surface area contributed by atoms with Crippen molar-refractivity contribution >= 4 is 0 Å². The Morgan fingerprint density at radius 3 is 2.79 bits per heavy atom. The summed E-state index contributed by atoms with van der Waals surface area (Å²) < 4.78 is 5.95. The Bertz CT molecular complexity index is 318. The maximum absolute atomic E-state index is 5.95. The summed E-state index contributed by atoms with van der Waals surface area (Å²) in [7, 11) is 0. The van der Waals surface area contributed by atoms with E-state index in [0.717, 1.165) is 12.3 Å². The quantitative estimate of drug-likeness (QED) is 0.377. The van der Waals surface area contributed by atoms with Crippen molar-refractivity contribution in [1.29, 1.82) is 0 Å². The summed E-state index contributed by atoms with van der Waals surface area (Å²) >= 11 is 0. The molecule has 0 aromatic carbocycles. The summed E-state index contributed by atoms with van der Waals surface area (Å²) in [6.07, 6.45) is 11.3. The lowest BCUT2D eigenvalue weighted by Crippen LogP contribution is -2.33. The molecule has 0 amide bonds. The lowest BCUT2D eigenvalue weighted by atomic mass is 9.75. The third kappa shape index (κ3) is 6.19. The summed E-state index contributed by atoms with van der Waals surface area (Å²) in [6, 6.07) is 0. The fourth-order valence-electron chi connectivity index (χ4n) is 2.84. The largest absolute Gasteiger partial charge is 0.497 e. The van der Waals surface area contributed by atoms with Crippen molar-refractivity contribution in [1.82, 2.24) is 0 Å². The second kappa shape index (κ2) is 9.08. The highest BCUT2D eigenvalue weighted by Gasteiger charge is 2.31.